The molecule has 180 valence electrons. The number of ether oxygens (including phenoxy) is 1. The molecule has 0 spiro atoms. The van der Waals surface area contributed by atoms with Crippen molar-refractivity contribution in [2.45, 2.75) is 37.2 Å². The smallest absolute Gasteiger partial charge is 0.265 e. The van der Waals surface area contributed by atoms with E-state index in [0.717, 1.165) is 38.2 Å². The van der Waals surface area contributed by atoms with Crippen LogP contribution in [0, 0.1) is 0 Å². The molecule has 2 heterocycles. The van der Waals surface area contributed by atoms with Gasteiger partial charge in [-0.25, -0.2) is 13.4 Å². The molecule has 1 saturated heterocycles. The molecule has 1 aliphatic rings. The first-order valence-electron chi connectivity index (χ1n) is 11.7. The van der Waals surface area contributed by atoms with Crippen LogP contribution < -0.4 is 14.4 Å². The number of para-hydroxylation sites is 2. The largest absolute Gasteiger partial charge is 0.496 e. The zero-order chi connectivity index (χ0) is 24.0. The highest BCUT2D eigenvalue weighted by molar-refractivity contribution is 7.92. The lowest BCUT2D eigenvalue weighted by atomic mass is 10.0. The number of piperidine rings is 1. The molecular formula is C26H32N4O3S. The fourth-order valence-corrected chi connectivity index (χ4v) is 5.77. The van der Waals surface area contributed by atoms with Crippen LogP contribution in [0.2, 0.25) is 0 Å². The summed E-state index contributed by atoms with van der Waals surface area (Å²) >= 11 is 0. The molecule has 0 aliphatic carbocycles. The lowest BCUT2D eigenvalue weighted by Crippen LogP contribution is -2.38. The zero-order valence-electron chi connectivity index (χ0n) is 19.7. The van der Waals surface area contributed by atoms with E-state index in [1.165, 1.54) is 16.1 Å². The summed E-state index contributed by atoms with van der Waals surface area (Å²) in [4.78, 5) is 7.03. The van der Waals surface area contributed by atoms with Crippen LogP contribution in [0.25, 0.3) is 0 Å². The first-order valence-corrected chi connectivity index (χ1v) is 13.1. The summed E-state index contributed by atoms with van der Waals surface area (Å²) in [6.45, 7) is 5.00. The van der Waals surface area contributed by atoms with Gasteiger partial charge in [0.05, 0.1) is 12.8 Å². The highest BCUT2D eigenvalue weighted by Crippen LogP contribution is 2.25. The quantitative estimate of drug-likeness (QED) is 0.490. The van der Waals surface area contributed by atoms with Crippen LogP contribution in [0.1, 0.15) is 25.3 Å². The standard InChI is InChI=1S/C26H32N4O3S/c1-3-30(23-10-5-4-6-11-23)34(31,32)24-13-14-26(27-19-24)28-22-15-17-29(18-16-22)20-21-9-7-8-12-25(21)33-2/h4-14,19,22H,3,15-18,20H2,1-2H3,(H,27,28). The Morgan fingerprint density at radius 1 is 1.03 bits per heavy atom. The third kappa shape index (κ3) is 5.51. The SMILES string of the molecule is CCN(c1ccccc1)S(=O)(=O)c1ccc(NC2CCN(Cc3ccccc3OC)CC2)nc1. The Hall–Kier alpha value is -3.10. The highest BCUT2D eigenvalue weighted by Gasteiger charge is 2.24. The van der Waals surface area contributed by atoms with E-state index < -0.39 is 10.0 Å². The van der Waals surface area contributed by atoms with E-state index in [4.69, 9.17) is 4.74 Å². The van der Waals surface area contributed by atoms with Crippen LogP contribution in [0.5, 0.6) is 5.75 Å². The van der Waals surface area contributed by atoms with E-state index in [1.807, 2.05) is 43.3 Å². The van der Waals surface area contributed by atoms with Gasteiger partial charge in [-0.2, -0.15) is 0 Å². The van der Waals surface area contributed by atoms with E-state index in [0.29, 0.717) is 24.1 Å². The summed E-state index contributed by atoms with van der Waals surface area (Å²) in [5, 5.41) is 3.47. The maximum Gasteiger partial charge on any atom is 0.265 e. The van der Waals surface area contributed by atoms with Gasteiger partial charge in [0, 0.05) is 44.0 Å². The molecule has 3 aromatic rings. The predicted molar refractivity (Wildman–Crippen MR) is 136 cm³/mol. The summed E-state index contributed by atoms with van der Waals surface area (Å²) < 4.78 is 33.2. The molecule has 7 nitrogen and oxygen atoms in total. The third-order valence-electron chi connectivity index (χ3n) is 6.18. The number of nitrogens with one attached hydrogen (secondary N) is 1. The van der Waals surface area contributed by atoms with Gasteiger partial charge in [0.25, 0.3) is 10.0 Å². The monoisotopic (exact) mass is 480 g/mol. The van der Waals surface area contributed by atoms with E-state index in [9.17, 15) is 8.42 Å². The van der Waals surface area contributed by atoms with Gasteiger partial charge in [-0.1, -0.05) is 36.4 Å². The number of anilines is 2. The molecule has 4 rings (SSSR count). The third-order valence-corrected chi connectivity index (χ3v) is 8.07. The van der Waals surface area contributed by atoms with Crippen LogP contribution in [0.3, 0.4) is 0 Å². The lowest BCUT2D eigenvalue weighted by Gasteiger charge is -2.33. The molecule has 0 unspecified atom stereocenters. The fraction of sp³-hybridized carbons (Fsp3) is 0.346. The molecule has 8 heteroatoms. The number of nitrogens with zero attached hydrogens (tertiary/aromatic N) is 3. The second-order valence-corrected chi connectivity index (χ2v) is 10.3. The van der Waals surface area contributed by atoms with E-state index in [-0.39, 0.29) is 4.90 Å². The van der Waals surface area contributed by atoms with E-state index in [2.05, 4.69) is 21.3 Å². The summed E-state index contributed by atoms with van der Waals surface area (Å²) in [5.41, 5.74) is 1.85. The average Bonchev–Trinajstić information content (AvgIpc) is 2.87. The maximum atomic E-state index is 13.1. The number of methoxy groups -OCH3 is 1. The van der Waals surface area contributed by atoms with E-state index in [1.54, 1.807) is 31.4 Å². The molecule has 1 aromatic heterocycles. The van der Waals surface area contributed by atoms with Gasteiger partial charge in [-0.15, -0.1) is 0 Å². The topological polar surface area (TPSA) is 74.8 Å². The first kappa shape index (κ1) is 24.0. The van der Waals surface area contributed by atoms with Gasteiger partial charge in [0.1, 0.15) is 16.5 Å². The number of rotatable bonds is 9. The van der Waals surface area contributed by atoms with Crippen molar-refractivity contribution in [3.63, 3.8) is 0 Å². The van der Waals surface area contributed by atoms with Crippen molar-refractivity contribution >= 4 is 21.5 Å². The minimum absolute atomic E-state index is 0.190. The minimum Gasteiger partial charge on any atom is -0.496 e. The van der Waals surface area contributed by atoms with Crippen LogP contribution in [-0.4, -0.2) is 51.1 Å². The molecule has 0 bridgehead atoms. The summed E-state index contributed by atoms with van der Waals surface area (Å²) in [6, 6.07) is 21.0. The van der Waals surface area contributed by atoms with Crippen LogP contribution in [0.4, 0.5) is 11.5 Å². The molecular weight excluding hydrogens is 448 g/mol. The second kappa shape index (κ2) is 10.9. The van der Waals surface area contributed by atoms with Crippen molar-refractivity contribution in [1.29, 1.82) is 0 Å². The van der Waals surface area contributed by atoms with Crippen LogP contribution in [0.15, 0.2) is 77.8 Å². The Labute approximate surface area is 202 Å². The lowest BCUT2D eigenvalue weighted by molar-refractivity contribution is 0.209. The molecule has 0 saturated carbocycles. The normalized spacial score (nSPS) is 15.1. The second-order valence-electron chi connectivity index (χ2n) is 8.39. The number of hydrogen-bond donors (Lipinski definition) is 1. The molecule has 1 fully saturated rings. The number of benzene rings is 2. The van der Waals surface area contributed by atoms with Gasteiger partial charge in [0.15, 0.2) is 0 Å². The van der Waals surface area contributed by atoms with Gasteiger partial charge in [-0.05, 0) is 50.1 Å². The van der Waals surface area contributed by atoms with Crippen molar-refractivity contribution in [1.82, 2.24) is 9.88 Å². The number of hydrogen-bond acceptors (Lipinski definition) is 6. The Kier molecular flexibility index (Phi) is 7.70. The molecule has 1 N–H and O–H groups in total. The molecule has 34 heavy (non-hydrogen) atoms. The summed E-state index contributed by atoms with van der Waals surface area (Å²) in [7, 11) is -1.96. The van der Waals surface area contributed by atoms with Crippen molar-refractivity contribution in [2.24, 2.45) is 0 Å². The van der Waals surface area contributed by atoms with Crippen LogP contribution in [-0.2, 0) is 16.6 Å². The molecule has 0 atom stereocenters. The summed E-state index contributed by atoms with van der Waals surface area (Å²) in [6.07, 6.45) is 3.43. The number of pyridine rings is 1. The van der Waals surface area contributed by atoms with Crippen molar-refractivity contribution in [2.75, 3.05) is 36.4 Å². The fourth-order valence-electron chi connectivity index (χ4n) is 4.35. The zero-order valence-corrected chi connectivity index (χ0v) is 20.5. The highest BCUT2D eigenvalue weighted by atomic mass is 32.2. The van der Waals surface area contributed by atoms with Gasteiger partial charge >= 0.3 is 0 Å². The maximum absolute atomic E-state index is 13.1. The number of sulfonamides is 1. The van der Waals surface area contributed by atoms with Gasteiger partial charge in [0.2, 0.25) is 0 Å². The minimum atomic E-state index is -3.67. The number of aromatic nitrogens is 1. The molecule has 2 aromatic carbocycles. The summed E-state index contributed by atoms with van der Waals surface area (Å²) in [5.74, 6) is 1.63. The Balaban J connectivity index is 1.34. The Morgan fingerprint density at radius 2 is 1.74 bits per heavy atom. The van der Waals surface area contributed by atoms with Gasteiger partial charge < -0.3 is 10.1 Å². The van der Waals surface area contributed by atoms with Crippen molar-refractivity contribution in [3.8, 4) is 5.75 Å². The van der Waals surface area contributed by atoms with E-state index >= 15 is 0 Å². The first-order chi connectivity index (χ1) is 16.5. The van der Waals surface area contributed by atoms with Crippen LogP contribution >= 0.6 is 0 Å². The molecule has 0 amide bonds. The number of likely N-dealkylation sites (tertiary alicyclic amines) is 1. The van der Waals surface area contributed by atoms with Gasteiger partial charge in [-0.3, -0.25) is 9.21 Å². The van der Waals surface area contributed by atoms with Crippen molar-refractivity contribution < 1.29 is 13.2 Å². The predicted octanol–water partition coefficient (Wildman–Crippen LogP) is 4.38. The molecule has 1 aliphatic heterocycles. The Morgan fingerprint density at radius 3 is 2.38 bits per heavy atom. The average molecular weight is 481 g/mol. The Bertz CT molecular complexity index is 1160. The van der Waals surface area contributed by atoms with Crippen molar-refractivity contribution in [3.05, 3.63) is 78.5 Å². The molecule has 0 radical (unpaired) electrons.